The molecule has 0 radical (unpaired) electrons. The molecule has 268 valence electrons. The van der Waals surface area contributed by atoms with Crippen molar-refractivity contribution in [2.75, 3.05) is 43.4 Å². The second kappa shape index (κ2) is 14.5. The lowest BCUT2D eigenvalue weighted by molar-refractivity contribution is -0.149. The summed E-state index contributed by atoms with van der Waals surface area (Å²) in [5.41, 5.74) is 4.46. The van der Waals surface area contributed by atoms with E-state index in [0.29, 0.717) is 53.4 Å². The highest BCUT2D eigenvalue weighted by Crippen LogP contribution is 2.29. The zero-order valence-corrected chi connectivity index (χ0v) is 29.1. The first-order chi connectivity index (χ1) is 24.7. The van der Waals surface area contributed by atoms with E-state index < -0.39 is 29.9 Å². The fourth-order valence-electron chi connectivity index (χ4n) is 6.05. The molecule has 2 N–H and O–H groups in total. The second-order valence-electron chi connectivity index (χ2n) is 13.5. The summed E-state index contributed by atoms with van der Waals surface area (Å²) in [7, 11) is 1.83. The van der Waals surface area contributed by atoms with Gasteiger partial charge >= 0.3 is 6.18 Å². The summed E-state index contributed by atoms with van der Waals surface area (Å²) in [4.78, 5) is 21.5. The number of halogens is 4. The van der Waals surface area contributed by atoms with Crippen molar-refractivity contribution in [2.24, 2.45) is 7.05 Å². The molecule has 1 aliphatic rings. The van der Waals surface area contributed by atoms with Crippen molar-refractivity contribution in [1.29, 1.82) is 5.26 Å². The molecule has 10 nitrogen and oxygen atoms in total. The highest BCUT2D eigenvalue weighted by atomic mass is 19.4. The Kier molecular flexibility index (Phi) is 10.1. The molecule has 2 aromatic carbocycles. The number of piperazine rings is 1. The van der Waals surface area contributed by atoms with E-state index >= 15 is 4.39 Å². The van der Waals surface area contributed by atoms with Crippen molar-refractivity contribution in [1.82, 2.24) is 29.0 Å². The minimum absolute atomic E-state index is 0.205. The van der Waals surface area contributed by atoms with E-state index in [1.807, 2.05) is 46.9 Å². The maximum Gasteiger partial charge on any atom is 0.401 e. The maximum absolute atomic E-state index is 15.3. The lowest BCUT2D eigenvalue weighted by Gasteiger charge is -2.35. The number of benzene rings is 2. The number of aryl methyl sites for hydroxylation is 2. The minimum Gasteiger partial charge on any atom is -0.350 e. The Labute approximate surface area is 298 Å². The standard InChI is InChI=1S/C38H37F4N9O/c1-25-14-33(39)32(17-27(25)7-8-31-20-44-35-34(6-5-9-51(31)35)46-30-19-45-48(4)22-30)36(52)47-29-16-26(15-28(18-29)37(2,3)23-43)21-49-10-12-50(13-11-49)24-38(40,41)42/h5-6,9,14-20,22,46H,10-13,21,24H2,1-4H3,(H,47,52). The van der Waals surface area contributed by atoms with Gasteiger partial charge in [0, 0.05) is 63.4 Å². The summed E-state index contributed by atoms with van der Waals surface area (Å²) < 4.78 is 57.5. The summed E-state index contributed by atoms with van der Waals surface area (Å²) in [5.74, 6) is 4.77. The van der Waals surface area contributed by atoms with Crippen LogP contribution in [-0.4, -0.2) is 73.8 Å². The van der Waals surface area contributed by atoms with E-state index in [1.54, 1.807) is 50.0 Å². The molecule has 5 aromatic rings. The van der Waals surface area contributed by atoms with Crippen molar-refractivity contribution in [3.8, 4) is 17.9 Å². The number of anilines is 3. The Morgan fingerprint density at radius 3 is 2.44 bits per heavy atom. The molecule has 4 heterocycles. The molecule has 1 fully saturated rings. The molecule has 1 amide bonds. The molecule has 3 aromatic heterocycles. The topological polar surface area (TPSA) is 107 Å². The number of carbonyl (C=O) groups excluding carboxylic acids is 1. The van der Waals surface area contributed by atoms with Gasteiger partial charge in [-0.2, -0.15) is 23.5 Å². The quantitative estimate of drug-likeness (QED) is 0.142. The van der Waals surface area contributed by atoms with Gasteiger partial charge in [0.15, 0.2) is 5.65 Å². The number of hydrogen-bond acceptors (Lipinski definition) is 7. The number of amides is 1. The van der Waals surface area contributed by atoms with Gasteiger partial charge in [-0.15, -0.1) is 0 Å². The van der Waals surface area contributed by atoms with E-state index in [2.05, 4.69) is 38.6 Å². The predicted molar refractivity (Wildman–Crippen MR) is 190 cm³/mol. The van der Waals surface area contributed by atoms with Crippen molar-refractivity contribution >= 4 is 28.6 Å². The molecular formula is C38H37F4N9O. The molecular weight excluding hydrogens is 674 g/mol. The zero-order chi connectivity index (χ0) is 37.2. The molecule has 6 rings (SSSR count). The smallest absolute Gasteiger partial charge is 0.350 e. The van der Waals surface area contributed by atoms with Gasteiger partial charge in [-0.1, -0.05) is 12.0 Å². The minimum atomic E-state index is -4.25. The van der Waals surface area contributed by atoms with Gasteiger partial charge < -0.3 is 10.6 Å². The average molecular weight is 712 g/mol. The van der Waals surface area contributed by atoms with Gasteiger partial charge in [0.1, 0.15) is 11.5 Å². The summed E-state index contributed by atoms with van der Waals surface area (Å²) in [6, 6.07) is 14.0. The van der Waals surface area contributed by atoms with Crippen molar-refractivity contribution in [3.05, 3.63) is 107 Å². The van der Waals surface area contributed by atoms with E-state index in [-0.39, 0.29) is 18.7 Å². The van der Waals surface area contributed by atoms with Crippen LogP contribution in [0.2, 0.25) is 0 Å². The fraction of sp³-hybridized carbons (Fsp3) is 0.316. The van der Waals surface area contributed by atoms with E-state index in [0.717, 1.165) is 16.9 Å². The number of pyridine rings is 1. The molecule has 0 atom stereocenters. The Bertz CT molecular complexity index is 2230. The number of hydrogen-bond donors (Lipinski definition) is 2. The molecule has 52 heavy (non-hydrogen) atoms. The second-order valence-corrected chi connectivity index (χ2v) is 13.5. The first-order valence-corrected chi connectivity index (χ1v) is 16.6. The summed E-state index contributed by atoms with van der Waals surface area (Å²) in [6.07, 6.45) is 2.77. The van der Waals surface area contributed by atoms with Gasteiger partial charge in [-0.3, -0.25) is 23.7 Å². The monoisotopic (exact) mass is 711 g/mol. The average Bonchev–Trinajstić information content (AvgIpc) is 3.70. The van der Waals surface area contributed by atoms with Crippen LogP contribution in [-0.2, 0) is 19.0 Å². The van der Waals surface area contributed by atoms with E-state index in [1.165, 1.54) is 17.0 Å². The molecule has 0 aliphatic carbocycles. The highest BCUT2D eigenvalue weighted by Gasteiger charge is 2.32. The van der Waals surface area contributed by atoms with Crippen LogP contribution in [0.15, 0.2) is 67.3 Å². The molecule has 0 unspecified atom stereocenters. The summed E-state index contributed by atoms with van der Waals surface area (Å²) in [6.45, 7) is 6.07. The Balaban J connectivity index is 1.22. The number of alkyl halides is 3. The summed E-state index contributed by atoms with van der Waals surface area (Å²) >= 11 is 0. The van der Waals surface area contributed by atoms with Crippen molar-refractivity contribution in [3.63, 3.8) is 0 Å². The van der Waals surface area contributed by atoms with Gasteiger partial charge in [0.25, 0.3) is 5.91 Å². The number of imidazole rings is 1. The Morgan fingerprint density at radius 1 is 1.00 bits per heavy atom. The normalized spacial score (nSPS) is 14.1. The number of rotatable bonds is 8. The third-order valence-corrected chi connectivity index (χ3v) is 8.93. The third kappa shape index (κ3) is 8.42. The first-order valence-electron chi connectivity index (χ1n) is 16.6. The van der Waals surface area contributed by atoms with Gasteiger partial charge in [0.2, 0.25) is 0 Å². The van der Waals surface area contributed by atoms with Crippen LogP contribution in [0.3, 0.4) is 0 Å². The number of carbonyl (C=O) groups is 1. The lowest BCUT2D eigenvalue weighted by atomic mass is 9.85. The number of nitrogens with zero attached hydrogens (tertiary/aromatic N) is 7. The van der Waals surface area contributed by atoms with Gasteiger partial charge in [0.05, 0.1) is 47.4 Å². The number of fused-ring (bicyclic) bond motifs is 1. The van der Waals surface area contributed by atoms with Crippen molar-refractivity contribution in [2.45, 2.75) is 38.9 Å². The zero-order valence-electron chi connectivity index (χ0n) is 29.1. The van der Waals surface area contributed by atoms with Crippen LogP contribution in [0.4, 0.5) is 34.6 Å². The van der Waals surface area contributed by atoms with Crippen molar-refractivity contribution < 1.29 is 22.4 Å². The maximum atomic E-state index is 15.3. The van der Waals surface area contributed by atoms with Crippen LogP contribution in [0.1, 0.15) is 52.2 Å². The SMILES string of the molecule is Cc1cc(F)c(C(=O)Nc2cc(CN3CCN(CC(F)(F)F)CC3)cc(C(C)(C)C#N)c2)cc1C#Cc1cnc2c(Nc3cnn(C)c3)cccn12. The fourth-order valence-corrected chi connectivity index (χ4v) is 6.05. The van der Waals surface area contributed by atoms with Gasteiger partial charge in [-0.05, 0) is 79.8 Å². The van der Waals surface area contributed by atoms with E-state index in [4.69, 9.17) is 0 Å². The number of nitrogens with one attached hydrogen (secondary N) is 2. The van der Waals surface area contributed by atoms with Crippen LogP contribution in [0.5, 0.6) is 0 Å². The Hall–Kier alpha value is -5.70. The molecule has 14 heteroatoms. The number of aromatic nitrogens is 4. The van der Waals surface area contributed by atoms with E-state index in [9.17, 15) is 23.2 Å². The Morgan fingerprint density at radius 2 is 1.75 bits per heavy atom. The largest absolute Gasteiger partial charge is 0.401 e. The van der Waals surface area contributed by atoms with Crippen LogP contribution >= 0.6 is 0 Å². The molecule has 1 saturated heterocycles. The molecule has 1 aliphatic heterocycles. The van der Waals surface area contributed by atoms with Crippen LogP contribution in [0.25, 0.3) is 5.65 Å². The molecule has 0 bridgehead atoms. The lowest BCUT2D eigenvalue weighted by Crippen LogP contribution is -2.48. The third-order valence-electron chi connectivity index (χ3n) is 8.93. The predicted octanol–water partition coefficient (Wildman–Crippen LogP) is 6.39. The highest BCUT2D eigenvalue weighted by molar-refractivity contribution is 6.05. The molecule has 0 spiro atoms. The van der Waals surface area contributed by atoms with Gasteiger partial charge in [-0.25, -0.2) is 9.37 Å². The first kappa shape index (κ1) is 36.1. The molecule has 0 saturated carbocycles. The van der Waals surface area contributed by atoms with Crippen LogP contribution < -0.4 is 10.6 Å². The van der Waals surface area contributed by atoms with Crippen LogP contribution in [0, 0.1) is 35.9 Å². The number of nitriles is 1. The summed E-state index contributed by atoms with van der Waals surface area (Å²) in [5, 5.41) is 20.1.